The van der Waals surface area contributed by atoms with Crippen molar-refractivity contribution in [2.45, 2.75) is 6.54 Å². The first-order chi connectivity index (χ1) is 13.1. The predicted molar refractivity (Wildman–Crippen MR) is 114 cm³/mol. The molecule has 2 aromatic carbocycles. The number of nitrogens with zero attached hydrogens (tertiary/aromatic N) is 1. The van der Waals surface area contributed by atoms with Crippen molar-refractivity contribution < 1.29 is 4.79 Å². The van der Waals surface area contributed by atoms with Crippen LogP contribution in [0.25, 0.3) is 0 Å². The first-order valence-electron chi connectivity index (χ1n) is 7.97. The fourth-order valence-electron chi connectivity index (χ4n) is 2.25. The lowest BCUT2D eigenvalue weighted by Gasteiger charge is -2.14. The summed E-state index contributed by atoms with van der Waals surface area (Å²) < 4.78 is 0.487. The molecule has 0 saturated carbocycles. The molecule has 0 aliphatic rings. The van der Waals surface area contributed by atoms with Crippen LogP contribution in [0.1, 0.15) is 15.2 Å². The number of hydrogen-bond donors (Lipinski definition) is 4. The van der Waals surface area contributed by atoms with Gasteiger partial charge >= 0.3 is 0 Å². The number of hydrazine groups is 1. The molecule has 0 unspecified atom stereocenters. The summed E-state index contributed by atoms with van der Waals surface area (Å²) in [6, 6.07) is 16.7. The highest BCUT2D eigenvalue weighted by molar-refractivity contribution is 7.80. The van der Waals surface area contributed by atoms with E-state index in [1.54, 1.807) is 18.3 Å². The van der Waals surface area contributed by atoms with Gasteiger partial charge in [-0.2, -0.15) is 0 Å². The highest BCUT2D eigenvalue weighted by atomic mass is 35.5. The van der Waals surface area contributed by atoms with Crippen molar-refractivity contribution in [1.29, 1.82) is 0 Å². The van der Waals surface area contributed by atoms with E-state index in [-0.39, 0.29) is 5.91 Å². The van der Waals surface area contributed by atoms with E-state index in [0.717, 1.165) is 10.6 Å². The van der Waals surface area contributed by atoms with E-state index in [1.165, 1.54) is 11.3 Å². The molecule has 0 bridgehead atoms. The van der Waals surface area contributed by atoms with Gasteiger partial charge in [-0.3, -0.25) is 15.6 Å². The van der Waals surface area contributed by atoms with Crippen LogP contribution in [0.5, 0.6) is 0 Å². The standard InChI is InChI=1S/C18H16ClN5OS2/c19-17-21-11-13(27-17)10-20-15-9-5-4-8-14(15)16(25)23-24-18(26)22-12-6-2-1-3-7-12/h1-9,11,20H,10H2,(H,23,25)(H2,22,24,26). The number of nitrogens with one attached hydrogen (secondary N) is 4. The Balaban J connectivity index is 1.57. The van der Waals surface area contributed by atoms with Crippen LogP contribution < -0.4 is 21.5 Å². The summed E-state index contributed by atoms with van der Waals surface area (Å²) in [6.45, 7) is 0.524. The average molecular weight is 418 g/mol. The number of carbonyl (C=O) groups excluding carboxylic acids is 1. The molecule has 1 heterocycles. The van der Waals surface area contributed by atoms with E-state index in [9.17, 15) is 4.79 Å². The predicted octanol–water partition coefficient (Wildman–Crippen LogP) is 4.04. The summed E-state index contributed by atoms with van der Waals surface area (Å²) in [5, 5.41) is 6.50. The van der Waals surface area contributed by atoms with Crippen molar-refractivity contribution in [3.05, 3.63) is 75.7 Å². The van der Waals surface area contributed by atoms with Gasteiger partial charge in [-0.1, -0.05) is 41.9 Å². The van der Waals surface area contributed by atoms with Gasteiger partial charge in [-0.25, -0.2) is 4.98 Å². The minimum atomic E-state index is -0.308. The Morgan fingerprint density at radius 3 is 2.56 bits per heavy atom. The highest BCUT2D eigenvalue weighted by Gasteiger charge is 2.11. The molecule has 138 valence electrons. The number of benzene rings is 2. The van der Waals surface area contributed by atoms with Crippen LogP contribution >= 0.6 is 35.2 Å². The number of thiazole rings is 1. The molecule has 0 spiro atoms. The molecule has 1 amide bonds. The molecular weight excluding hydrogens is 402 g/mol. The lowest BCUT2D eigenvalue weighted by Crippen LogP contribution is -2.43. The maximum absolute atomic E-state index is 12.5. The second kappa shape index (κ2) is 9.31. The zero-order chi connectivity index (χ0) is 19.1. The van der Waals surface area contributed by atoms with Crippen molar-refractivity contribution in [3.63, 3.8) is 0 Å². The minimum Gasteiger partial charge on any atom is -0.379 e. The molecule has 3 aromatic rings. The number of para-hydroxylation sites is 2. The van der Waals surface area contributed by atoms with Crippen LogP contribution in [-0.4, -0.2) is 16.0 Å². The Morgan fingerprint density at radius 1 is 1.07 bits per heavy atom. The van der Waals surface area contributed by atoms with Crippen LogP contribution in [0.3, 0.4) is 0 Å². The summed E-state index contributed by atoms with van der Waals surface area (Å²) in [7, 11) is 0. The van der Waals surface area contributed by atoms with Crippen LogP contribution in [-0.2, 0) is 6.54 Å². The maximum Gasteiger partial charge on any atom is 0.271 e. The lowest BCUT2D eigenvalue weighted by atomic mass is 10.1. The first-order valence-corrected chi connectivity index (χ1v) is 9.57. The van der Waals surface area contributed by atoms with E-state index in [1.807, 2.05) is 42.5 Å². The van der Waals surface area contributed by atoms with Gasteiger partial charge in [0.1, 0.15) is 0 Å². The monoisotopic (exact) mass is 417 g/mol. The molecule has 4 N–H and O–H groups in total. The van der Waals surface area contributed by atoms with Gasteiger partial charge in [-0.15, -0.1) is 11.3 Å². The topological polar surface area (TPSA) is 78.1 Å². The second-order valence-electron chi connectivity index (χ2n) is 5.38. The SMILES string of the molecule is O=C(NNC(=S)Nc1ccccc1)c1ccccc1NCc1cnc(Cl)s1. The molecule has 0 atom stereocenters. The third-order valence-corrected chi connectivity index (χ3v) is 4.79. The summed E-state index contributed by atoms with van der Waals surface area (Å²) in [6.07, 6.45) is 1.71. The number of anilines is 2. The average Bonchev–Trinajstić information content (AvgIpc) is 3.11. The van der Waals surface area contributed by atoms with Gasteiger partial charge in [0.05, 0.1) is 12.1 Å². The largest absolute Gasteiger partial charge is 0.379 e. The first kappa shape index (κ1) is 19.1. The maximum atomic E-state index is 12.5. The van der Waals surface area contributed by atoms with Crippen LogP contribution in [0.4, 0.5) is 11.4 Å². The van der Waals surface area contributed by atoms with Crippen LogP contribution in [0, 0.1) is 0 Å². The Bertz CT molecular complexity index is 932. The molecule has 0 fully saturated rings. The number of carbonyl (C=O) groups is 1. The summed E-state index contributed by atoms with van der Waals surface area (Å²) >= 11 is 12.4. The van der Waals surface area contributed by atoms with Crippen molar-refractivity contribution in [3.8, 4) is 0 Å². The molecule has 1 aromatic heterocycles. The van der Waals surface area contributed by atoms with Crippen molar-refractivity contribution in [1.82, 2.24) is 15.8 Å². The third-order valence-electron chi connectivity index (χ3n) is 3.47. The molecule has 27 heavy (non-hydrogen) atoms. The van der Waals surface area contributed by atoms with Gasteiger partial charge in [0.25, 0.3) is 5.91 Å². The quantitative estimate of drug-likeness (QED) is 0.370. The summed E-state index contributed by atoms with van der Waals surface area (Å²) in [5.41, 5.74) is 7.31. The number of rotatable bonds is 5. The molecule has 9 heteroatoms. The van der Waals surface area contributed by atoms with Crippen molar-refractivity contribution in [2.75, 3.05) is 10.6 Å². The Kier molecular flexibility index (Phi) is 6.59. The zero-order valence-electron chi connectivity index (χ0n) is 14.0. The van der Waals surface area contributed by atoms with Crippen LogP contribution in [0.2, 0.25) is 4.47 Å². The van der Waals surface area contributed by atoms with Gasteiger partial charge in [0.2, 0.25) is 0 Å². The molecule has 0 radical (unpaired) electrons. The van der Waals surface area contributed by atoms with Gasteiger partial charge in [0.15, 0.2) is 9.58 Å². The van der Waals surface area contributed by atoms with Gasteiger partial charge in [-0.05, 0) is 36.5 Å². The molecule has 0 aliphatic carbocycles. The van der Waals surface area contributed by atoms with E-state index in [2.05, 4.69) is 26.5 Å². The van der Waals surface area contributed by atoms with E-state index < -0.39 is 0 Å². The normalized spacial score (nSPS) is 10.1. The molecule has 3 rings (SSSR count). The molecule has 6 nitrogen and oxygen atoms in total. The van der Waals surface area contributed by atoms with Gasteiger partial charge in [0, 0.05) is 22.4 Å². The third kappa shape index (κ3) is 5.65. The van der Waals surface area contributed by atoms with Gasteiger partial charge < -0.3 is 10.6 Å². The fourth-order valence-corrected chi connectivity index (χ4v) is 3.33. The van der Waals surface area contributed by atoms with Crippen LogP contribution in [0.15, 0.2) is 60.8 Å². The number of halogens is 1. The summed E-state index contributed by atoms with van der Waals surface area (Å²) in [4.78, 5) is 17.5. The van der Waals surface area contributed by atoms with E-state index >= 15 is 0 Å². The van der Waals surface area contributed by atoms with Crippen molar-refractivity contribution >= 4 is 57.5 Å². The lowest BCUT2D eigenvalue weighted by molar-refractivity contribution is 0.0945. The Hall–Kier alpha value is -2.68. The number of aromatic nitrogens is 1. The smallest absolute Gasteiger partial charge is 0.271 e. The minimum absolute atomic E-state index is 0.291. The molecule has 0 aliphatic heterocycles. The molecule has 0 saturated heterocycles. The fraction of sp³-hybridized carbons (Fsp3) is 0.0556. The Labute approximate surface area is 170 Å². The zero-order valence-corrected chi connectivity index (χ0v) is 16.4. The van der Waals surface area contributed by atoms with E-state index in [0.29, 0.717) is 27.4 Å². The van der Waals surface area contributed by atoms with E-state index in [4.69, 9.17) is 23.8 Å². The number of thiocarbonyl (C=S) groups is 1. The number of hydrogen-bond acceptors (Lipinski definition) is 5. The second-order valence-corrected chi connectivity index (χ2v) is 7.48. The Morgan fingerprint density at radius 2 is 1.81 bits per heavy atom. The molecular formula is C18H16ClN5OS2. The number of amides is 1. The highest BCUT2D eigenvalue weighted by Crippen LogP contribution is 2.20. The summed E-state index contributed by atoms with van der Waals surface area (Å²) in [5.74, 6) is -0.308. The van der Waals surface area contributed by atoms with Crippen molar-refractivity contribution in [2.24, 2.45) is 0 Å².